The Morgan fingerprint density at radius 3 is 2.83 bits per heavy atom. The predicted molar refractivity (Wildman–Crippen MR) is 67.9 cm³/mol. The Kier molecular flexibility index (Phi) is 5.91. The molecule has 0 saturated heterocycles. The zero-order chi connectivity index (χ0) is 13.4. The molecule has 0 aliphatic carbocycles. The highest BCUT2D eigenvalue weighted by Gasteiger charge is 2.09. The number of benzene rings is 1. The average Bonchev–Trinajstić information content (AvgIpc) is 2.37. The van der Waals surface area contributed by atoms with Gasteiger partial charge in [-0.25, -0.2) is 4.79 Å². The molecule has 0 N–H and O–H groups in total. The maximum atomic E-state index is 11.4. The number of unbranched alkanes of at least 4 members (excludes halogenated alkanes) is 1. The van der Waals surface area contributed by atoms with Crippen molar-refractivity contribution >= 4 is 12.3 Å². The van der Waals surface area contributed by atoms with Crippen LogP contribution in [0.1, 0.15) is 35.7 Å². The lowest BCUT2D eigenvalue weighted by molar-refractivity contribution is -0.146. The second-order valence-corrected chi connectivity index (χ2v) is 3.97. The number of para-hydroxylation sites is 1. The minimum Gasteiger partial charge on any atom is -0.481 e. The summed E-state index contributed by atoms with van der Waals surface area (Å²) in [5.41, 5.74) is 1.26. The lowest BCUT2D eigenvalue weighted by atomic mass is 10.1. The largest absolute Gasteiger partial charge is 0.481 e. The highest BCUT2D eigenvalue weighted by atomic mass is 16.6. The van der Waals surface area contributed by atoms with Crippen molar-refractivity contribution in [1.82, 2.24) is 0 Å². The second kappa shape index (κ2) is 7.48. The van der Waals surface area contributed by atoms with Crippen LogP contribution >= 0.6 is 0 Å². The van der Waals surface area contributed by atoms with Gasteiger partial charge in [-0.2, -0.15) is 0 Å². The van der Waals surface area contributed by atoms with Gasteiger partial charge >= 0.3 is 5.97 Å². The van der Waals surface area contributed by atoms with Gasteiger partial charge in [-0.15, -0.1) is 0 Å². The second-order valence-electron chi connectivity index (χ2n) is 3.97. The van der Waals surface area contributed by atoms with Crippen molar-refractivity contribution in [3.8, 4) is 5.75 Å². The first kappa shape index (κ1) is 14.2. The first-order valence-electron chi connectivity index (χ1n) is 6.02. The van der Waals surface area contributed by atoms with Crippen LogP contribution in [0.5, 0.6) is 5.75 Å². The third-order valence-corrected chi connectivity index (χ3v) is 2.46. The molecular formula is C14H18O4. The van der Waals surface area contributed by atoms with Crippen molar-refractivity contribution in [2.45, 2.75) is 26.7 Å². The summed E-state index contributed by atoms with van der Waals surface area (Å²) < 4.78 is 10.3. The van der Waals surface area contributed by atoms with Gasteiger partial charge in [0.15, 0.2) is 12.9 Å². The van der Waals surface area contributed by atoms with Crippen LogP contribution in [0.3, 0.4) is 0 Å². The first-order valence-corrected chi connectivity index (χ1v) is 6.02. The first-order chi connectivity index (χ1) is 8.69. The molecule has 0 aliphatic rings. The number of carbonyl (C=O) groups excluding carboxylic acids is 2. The van der Waals surface area contributed by atoms with Crippen LogP contribution in [0.15, 0.2) is 18.2 Å². The third-order valence-electron chi connectivity index (χ3n) is 2.46. The van der Waals surface area contributed by atoms with E-state index in [2.05, 4.69) is 0 Å². The molecule has 1 aromatic rings. The van der Waals surface area contributed by atoms with E-state index in [-0.39, 0.29) is 6.61 Å². The van der Waals surface area contributed by atoms with Gasteiger partial charge in [0, 0.05) is 0 Å². The molecule has 98 valence electrons. The molecule has 0 amide bonds. The Labute approximate surface area is 107 Å². The molecule has 0 bridgehead atoms. The van der Waals surface area contributed by atoms with E-state index in [4.69, 9.17) is 9.47 Å². The quantitative estimate of drug-likeness (QED) is 0.424. The SMILES string of the molecule is CCCCOC(=O)COc1c(C)cccc1C=O. The molecule has 0 saturated carbocycles. The topological polar surface area (TPSA) is 52.6 Å². The van der Waals surface area contributed by atoms with E-state index in [9.17, 15) is 9.59 Å². The number of rotatable bonds is 7. The summed E-state index contributed by atoms with van der Waals surface area (Å²) in [4.78, 5) is 22.2. The number of aldehydes is 1. The molecule has 0 heterocycles. The van der Waals surface area contributed by atoms with Crippen LogP contribution in [-0.2, 0) is 9.53 Å². The van der Waals surface area contributed by atoms with Crippen molar-refractivity contribution in [3.63, 3.8) is 0 Å². The normalized spacial score (nSPS) is 9.89. The highest BCUT2D eigenvalue weighted by molar-refractivity contribution is 5.80. The van der Waals surface area contributed by atoms with Gasteiger partial charge in [0.25, 0.3) is 0 Å². The molecule has 18 heavy (non-hydrogen) atoms. The lowest BCUT2D eigenvalue weighted by Gasteiger charge is -2.10. The summed E-state index contributed by atoms with van der Waals surface area (Å²) in [7, 11) is 0. The fraction of sp³-hybridized carbons (Fsp3) is 0.429. The smallest absolute Gasteiger partial charge is 0.344 e. The third kappa shape index (κ3) is 4.20. The fourth-order valence-corrected chi connectivity index (χ4v) is 1.47. The maximum Gasteiger partial charge on any atom is 0.344 e. The molecule has 0 aromatic heterocycles. The Balaban J connectivity index is 2.53. The molecular weight excluding hydrogens is 232 g/mol. The number of ether oxygens (including phenoxy) is 2. The monoisotopic (exact) mass is 250 g/mol. The maximum absolute atomic E-state index is 11.4. The number of carbonyl (C=O) groups is 2. The van der Waals surface area contributed by atoms with E-state index >= 15 is 0 Å². The van der Waals surface area contributed by atoms with Crippen molar-refractivity contribution in [3.05, 3.63) is 29.3 Å². The van der Waals surface area contributed by atoms with Gasteiger partial charge in [-0.1, -0.05) is 25.5 Å². The summed E-state index contributed by atoms with van der Waals surface area (Å²) in [5.74, 6) is 0.0310. The van der Waals surface area contributed by atoms with E-state index in [1.165, 1.54) is 0 Å². The van der Waals surface area contributed by atoms with Gasteiger partial charge in [0.2, 0.25) is 0 Å². The van der Waals surface area contributed by atoms with Gasteiger partial charge < -0.3 is 9.47 Å². The summed E-state index contributed by atoms with van der Waals surface area (Å²) in [6.45, 7) is 4.08. The molecule has 0 spiro atoms. The number of esters is 1. The number of aryl methyl sites for hydroxylation is 1. The molecule has 1 rings (SSSR count). The minimum atomic E-state index is -0.413. The summed E-state index contributed by atoms with van der Waals surface area (Å²) in [6, 6.07) is 5.24. The van der Waals surface area contributed by atoms with Crippen molar-refractivity contribution in [2.24, 2.45) is 0 Å². The van der Waals surface area contributed by atoms with Crippen LogP contribution in [0, 0.1) is 6.92 Å². The van der Waals surface area contributed by atoms with E-state index in [1.54, 1.807) is 12.1 Å². The minimum absolute atomic E-state index is 0.171. The average molecular weight is 250 g/mol. The van der Waals surface area contributed by atoms with E-state index in [1.807, 2.05) is 19.9 Å². The molecule has 0 fully saturated rings. The summed E-state index contributed by atoms with van der Waals surface area (Å²) in [5, 5.41) is 0. The van der Waals surface area contributed by atoms with E-state index in [0.717, 1.165) is 18.4 Å². The van der Waals surface area contributed by atoms with Crippen LogP contribution in [0.2, 0.25) is 0 Å². The van der Waals surface area contributed by atoms with Crippen molar-refractivity contribution in [2.75, 3.05) is 13.2 Å². The zero-order valence-corrected chi connectivity index (χ0v) is 10.8. The molecule has 4 heteroatoms. The van der Waals surface area contributed by atoms with Crippen molar-refractivity contribution in [1.29, 1.82) is 0 Å². The van der Waals surface area contributed by atoms with E-state index in [0.29, 0.717) is 24.2 Å². The van der Waals surface area contributed by atoms with Gasteiger partial charge in [0.1, 0.15) is 5.75 Å². The van der Waals surface area contributed by atoms with Crippen LogP contribution in [0.4, 0.5) is 0 Å². The highest BCUT2D eigenvalue weighted by Crippen LogP contribution is 2.21. The van der Waals surface area contributed by atoms with Gasteiger partial charge in [-0.3, -0.25) is 4.79 Å². The van der Waals surface area contributed by atoms with E-state index < -0.39 is 5.97 Å². The standard InChI is InChI=1S/C14H18O4/c1-3-4-8-17-13(16)10-18-14-11(2)6-5-7-12(14)9-15/h5-7,9H,3-4,8,10H2,1-2H3. The van der Waals surface area contributed by atoms with Crippen molar-refractivity contribution < 1.29 is 19.1 Å². The fourth-order valence-electron chi connectivity index (χ4n) is 1.47. The lowest BCUT2D eigenvalue weighted by Crippen LogP contribution is -2.16. The Hall–Kier alpha value is -1.84. The summed E-state index contributed by atoms with van der Waals surface area (Å²) >= 11 is 0. The van der Waals surface area contributed by atoms with Crippen LogP contribution in [0.25, 0.3) is 0 Å². The Morgan fingerprint density at radius 2 is 2.17 bits per heavy atom. The number of hydrogen-bond donors (Lipinski definition) is 0. The Bertz CT molecular complexity index is 412. The molecule has 0 unspecified atom stereocenters. The van der Waals surface area contributed by atoms with Crippen LogP contribution in [-0.4, -0.2) is 25.5 Å². The molecule has 1 aromatic carbocycles. The molecule has 4 nitrogen and oxygen atoms in total. The van der Waals surface area contributed by atoms with Gasteiger partial charge in [0.05, 0.1) is 12.2 Å². The summed E-state index contributed by atoms with van der Waals surface area (Å²) in [6.07, 6.45) is 2.53. The predicted octanol–water partition coefficient (Wildman–Crippen LogP) is 2.53. The zero-order valence-electron chi connectivity index (χ0n) is 10.8. The Morgan fingerprint density at radius 1 is 1.39 bits per heavy atom. The molecule has 0 radical (unpaired) electrons. The molecule has 0 atom stereocenters. The number of hydrogen-bond acceptors (Lipinski definition) is 4. The molecule has 0 aliphatic heterocycles. The van der Waals surface area contributed by atoms with Gasteiger partial charge in [-0.05, 0) is 25.0 Å². The van der Waals surface area contributed by atoms with Crippen LogP contribution < -0.4 is 4.74 Å².